The molecule has 8 heteroatoms. The van der Waals surface area contributed by atoms with E-state index in [4.69, 9.17) is 0 Å². The minimum Gasteiger partial charge on any atom is -0.439 e. The summed E-state index contributed by atoms with van der Waals surface area (Å²) in [5, 5.41) is 9.00. The van der Waals surface area contributed by atoms with Crippen molar-refractivity contribution in [2.24, 2.45) is 16.9 Å². The van der Waals surface area contributed by atoms with E-state index in [0.717, 1.165) is 17.7 Å². The molecule has 2 aliphatic rings. The molecule has 3 N–H and O–H groups in total. The van der Waals surface area contributed by atoms with Gasteiger partial charge in [0.05, 0.1) is 5.71 Å². The average Bonchev–Trinajstić information content (AvgIpc) is 3.35. The molecule has 0 saturated heterocycles. The van der Waals surface area contributed by atoms with Crippen LogP contribution in [-0.4, -0.2) is 37.3 Å². The molecule has 2 atom stereocenters. The highest BCUT2D eigenvalue weighted by atomic mass is 16.6. The van der Waals surface area contributed by atoms with Gasteiger partial charge in [-0.3, -0.25) is 9.59 Å². The maximum absolute atomic E-state index is 11.6. The number of carbonyl (C=O) groups is 3. The topological polar surface area (TPSA) is 109 Å². The third kappa shape index (κ3) is 3.31. The molecule has 2 unspecified atom stereocenters. The molecule has 120 valence electrons. The van der Waals surface area contributed by atoms with Crippen molar-refractivity contribution in [3.8, 4) is 0 Å². The van der Waals surface area contributed by atoms with Crippen molar-refractivity contribution in [2.45, 2.75) is 6.42 Å². The van der Waals surface area contributed by atoms with Crippen LogP contribution in [-0.2, 0) is 14.3 Å². The summed E-state index contributed by atoms with van der Waals surface area (Å²) in [6.07, 6.45) is 0.173. The molecular weight excluding hydrogens is 300 g/mol. The van der Waals surface area contributed by atoms with E-state index in [2.05, 4.69) is 25.9 Å². The first-order chi connectivity index (χ1) is 11.1. The first-order valence-electron chi connectivity index (χ1n) is 7.20. The number of alkyl carbamates (subject to hydrolysis) is 1. The van der Waals surface area contributed by atoms with Crippen LogP contribution in [0.2, 0.25) is 0 Å². The monoisotopic (exact) mass is 316 g/mol. The Morgan fingerprint density at radius 3 is 2.74 bits per heavy atom. The largest absolute Gasteiger partial charge is 0.439 e. The number of fused-ring (bicyclic) bond motifs is 1. The Morgan fingerprint density at radius 1 is 1.30 bits per heavy atom. The molecule has 1 heterocycles. The lowest BCUT2D eigenvalue weighted by atomic mass is 10.0. The number of nitrogens with one attached hydrogen (secondary N) is 3. The van der Waals surface area contributed by atoms with Crippen molar-refractivity contribution in [3.63, 3.8) is 0 Å². The normalized spacial score (nSPS) is 21.4. The zero-order chi connectivity index (χ0) is 16.4. The summed E-state index contributed by atoms with van der Waals surface area (Å²) in [5.41, 5.74) is 4.90. The molecule has 3 amide bonds. The molecule has 1 aromatic rings. The van der Waals surface area contributed by atoms with Gasteiger partial charge in [0.15, 0.2) is 6.61 Å². The van der Waals surface area contributed by atoms with E-state index in [1.54, 1.807) is 12.1 Å². The number of rotatable bonds is 4. The third-order valence-corrected chi connectivity index (χ3v) is 3.77. The van der Waals surface area contributed by atoms with Gasteiger partial charge in [-0.05, 0) is 24.1 Å². The molecule has 8 nitrogen and oxygen atoms in total. The number of hydrazone groups is 1. The zero-order valence-corrected chi connectivity index (χ0v) is 12.5. The van der Waals surface area contributed by atoms with Crippen LogP contribution in [0.5, 0.6) is 0 Å². The van der Waals surface area contributed by atoms with Crippen molar-refractivity contribution in [1.29, 1.82) is 0 Å². The second kappa shape index (κ2) is 6.07. The molecule has 0 spiro atoms. The van der Waals surface area contributed by atoms with Gasteiger partial charge in [0.1, 0.15) is 0 Å². The van der Waals surface area contributed by atoms with Crippen LogP contribution in [0.3, 0.4) is 0 Å². The number of benzene rings is 1. The van der Waals surface area contributed by atoms with E-state index >= 15 is 0 Å². The second-order valence-corrected chi connectivity index (χ2v) is 5.37. The standard InChI is InChI=1S/C15H16N4O4/c1-16-15(22)23-7-12(20)17-9-4-2-8(3-5-9)13-10-6-11(10)14(21)19-18-13/h2-5,10-11H,6-7H2,1H3,(H,16,22)(H,17,20)(H,19,21). The summed E-state index contributed by atoms with van der Waals surface area (Å²) in [6.45, 7) is -0.357. The summed E-state index contributed by atoms with van der Waals surface area (Å²) in [5.74, 6) is -0.196. The maximum Gasteiger partial charge on any atom is 0.407 e. The highest BCUT2D eigenvalue weighted by Gasteiger charge is 2.49. The number of carbonyl (C=O) groups excluding carboxylic acids is 3. The van der Waals surface area contributed by atoms with Crippen LogP contribution in [0.1, 0.15) is 12.0 Å². The average molecular weight is 316 g/mol. The summed E-state index contributed by atoms with van der Waals surface area (Å²) in [7, 11) is 1.42. The number of amides is 3. The van der Waals surface area contributed by atoms with Gasteiger partial charge in [-0.15, -0.1) is 0 Å². The Morgan fingerprint density at radius 2 is 2.04 bits per heavy atom. The highest BCUT2D eigenvalue weighted by molar-refractivity contribution is 6.09. The molecule has 0 aromatic heterocycles. The van der Waals surface area contributed by atoms with Gasteiger partial charge in [0, 0.05) is 24.6 Å². The Hall–Kier alpha value is -2.90. The lowest BCUT2D eigenvalue weighted by Crippen LogP contribution is -2.28. The van der Waals surface area contributed by atoms with Gasteiger partial charge in [-0.1, -0.05) is 12.1 Å². The van der Waals surface area contributed by atoms with Crippen LogP contribution in [0.4, 0.5) is 10.5 Å². The zero-order valence-electron chi connectivity index (χ0n) is 12.5. The molecule has 0 bridgehead atoms. The Labute approximate surface area is 132 Å². The van der Waals surface area contributed by atoms with Crippen molar-refractivity contribution in [1.82, 2.24) is 10.7 Å². The van der Waals surface area contributed by atoms with E-state index in [1.165, 1.54) is 7.05 Å². The molecular formula is C15H16N4O4. The lowest BCUT2D eigenvalue weighted by molar-refractivity contribution is -0.122. The van der Waals surface area contributed by atoms with Crippen LogP contribution in [0.25, 0.3) is 0 Å². The van der Waals surface area contributed by atoms with Crippen LogP contribution in [0.15, 0.2) is 29.4 Å². The van der Waals surface area contributed by atoms with Gasteiger partial charge in [0.25, 0.3) is 5.91 Å². The van der Waals surface area contributed by atoms with E-state index in [0.29, 0.717) is 5.69 Å². The first kappa shape index (κ1) is 15.0. The third-order valence-electron chi connectivity index (χ3n) is 3.77. The predicted molar refractivity (Wildman–Crippen MR) is 81.8 cm³/mol. The fraction of sp³-hybridized carbons (Fsp3) is 0.333. The molecule has 3 rings (SSSR count). The fourth-order valence-electron chi connectivity index (χ4n) is 2.47. The second-order valence-electron chi connectivity index (χ2n) is 5.37. The Bertz CT molecular complexity index is 683. The smallest absolute Gasteiger partial charge is 0.407 e. The molecule has 23 heavy (non-hydrogen) atoms. The molecule has 1 aromatic carbocycles. The highest BCUT2D eigenvalue weighted by Crippen LogP contribution is 2.43. The van der Waals surface area contributed by atoms with E-state index in [-0.39, 0.29) is 24.3 Å². The molecule has 1 saturated carbocycles. The van der Waals surface area contributed by atoms with Crippen molar-refractivity contribution in [2.75, 3.05) is 19.0 Å². The molecule has 1 aliphatic heterocycles. The van der Waals surface area contributed by atoms with Crippen LogP contribution in [0, 0.1) is 11.8 Å². The van der Waals surface area contributed by atoms with Gasteiger partial charge in [-0.25, -0.2) is 10.2 Å². The SMILES string of the molecule is CNC(=O)OCC(=O)Nc1ccc(C2=NNC(=O)C3CC23)cc1. The Kier molecular flexibility index (Phi) is 3.96. The van der Waals surface area contributed by atoms with E-state index in [1.807, 2.05) is 12.1 Å². The molecule has 0 radical (unpaired) electrons. The predicted octanol–water partition coefficient (Wildman–Crippen LogP) is 0.451. The quantitative estimate of drug-likeness (QED) is 0.749. The number of ether oxygens (including phenoxy) is 1. The van der Waals surface area contributed by atoms with Gasteiger partial charge in [0.2, 0.25) is 5.91 Å². The van der Waals surface area contributed by atoms with Crippen LogP contribution < -0.4 is 16.1 Å². The van der Waals surface area contributed by atoms with Crippen molar-refractivity contribution in [3.05, 3.63) is 29.8 Å². The van der Waals surface area contributed by atoms with Gasteiger partial charge < -0.3 is 15.4 Å². The first-order valence-corrected chi connectivity index (χ1v) is 7.20. The number of hydrogen-bond donors (Lipinski definition) is 3. The van der Waals surface area contributed by atoms with Crippen LogP contribution >= 0.6 is 0 Å². The number of hydrogen-bond acceptors (Lipinski definition) is 5. The minimum atomic E-state index is -0.660. The summed E-state index contributed by atoms with van der Waals surface area (Å²) in [4.78, 5) is 33.9. The fourth-order valence-corrected chi connectivity index (χ4v) is 2.47. The molecule has 1 aliphatic carbocycles. The number of anilines is 1. The molecule has 1 fully saturated rings. The minimum absolute atomic E-state index is 0.0150. The Balaban J connectivity index is 1.58. The van der Waals surface area contributed by atoms with Crippen molar-refractivity contribution < 1.29 is 19.1 Å². The van der Waals surface area contributed by atoms with Gasteiger partial charge in [-0.2, -0.15) is 5.10 Å². The van der Waals surface area contributed by atoms with Crippen molar-refractivity contribution >= 4 is 29.3 Å². The van der Waals surface area contributed by atoms with E-state index in [9.17, 15) is 14.4 Å². The number of nitrogens with zero attached hydrogens (tertiary/aromatic N) is 1. The lowest BCUT2D eigenvalue weighted by Gasteiger charge is -2.12. The maximum atomic E-state index is 11.6. The van der Waals surface area contributed by atoms with E-state index < -0.39 is 12.0 Å². The summed E-state index contributed by atoms with van der Waals surface area (Å²) >= 11 is 0. The summed E-state index contributed by atoms with van der Waals surface area (Å²) in [6, 6.07) is 7.15. The summed E-state index contributed by atoms with van der Waals surface area (Å²) < 4.78 is 4.65. The van der Waals surface area contributed by atoms with Gasteiger partial charge >= 0.3 is 6.09 Å².